The molecule has 2 rings (SSSR count). The smallest absolute Gasteiger partial charge is 0.0558 e. The molecule has 0 aliphatic heterocycles. The van der Waals surface area contributed by atoms with E-state index in [0.717, 1.165) is 26.2 Å². The highest BCUT2D eigenvalue weighted by molar-refractivity contribution is 6.18. The van der Waals surface area contributed by atoms with Gasteiger partial charge in [-0.3, -0.25) is 4.90 Å². The Morgan fingerprint density at radius 1 is 0.760 bits per heavy atom. The van der Waals surface area contributed by atoms with Crippen LogP contribution in [0.25, 0.3) is 0 Å². The Balaban J connectivity index is 0.000000443. The molecule has 0 bridgehead atoms. The molecular weight excluding hydrogens is 355 g/mol. The Labute approximate surface area is 163 Å². The minimum atomic E-state index is 0. The van der Waals surface area contributed by atoms with Crippen molar-refractivity contribution in [3.63, 3.8) is 0 Å². The third kappa shape index (κ3) is 12.0. The monoisotopic (exact) mass is 384 g/mol. The molecule has 0 saturated heterocycles. The molecule has 5 heteroatoms. The van der Waals surface area contributed by atoms with Crippen LogP contribution >= 0.6 is 24.0 Å². The lowest BCUT2D eigenvalue weighted by Crippen LogP contribution is -2.21. The van der Waals surface area contributed by atoms with Crippen LogP contribution in [0.4, 0.5) is 0 Å². The Morgan fingerprint density at radius 3 is 1.52 bits per heavy atom. The first-order valence-electron chi connectivity index (χ1n) is 8.27. The van der Waals surface area contributed by atoms with Crippen molar-refractivity contribution in [2.24, 2.45) is 0 Å². The number of aliphatic hydroxyl groups excluding tert-OH is 1. The molecule has 3 nitrogen and oxygen atoms in total. The highest BCUT2D eigenvalue weighted by Crippen LogP contribution is 2.02. The lowest BCUT2D eigenvalue weighted by molar-refractivity contribution is 0.217. The highest BCUT2D eigenvalue weighted by Gasteiger charge is 1.98. The minimum absolute atomic E-state index is 0. The van der Waals surface area contributed by atoms with E-state index in [2.05, 4.69) is 53.2 Å². The van der Waals surface area contributed by atoms with E-state index in [0.29, 0.717) is 5.88 Å². The number of likely N-dealkylation sites (N-methyl/N-ethyl adjacent to an activating group) is 1. The van der Waals surface area contributed by atoms with Crippen LogP contribution in [0.2, 0.25) is 0 Å². The van der Waals surface area contributed by atoms with Crippen molar-refractivity contribution in [1.82, 2.24) is 9.80 Å². The van der Waals surface area contributed by atoms with E-state index in [1.165, 1.54) is 11.1 Å². The van der Waals surface area contributed by atoms with Crippen LogP contribution in [-0.4, -0.2) is 54.6 Å². The zero-order valence-corrected chi connectivity index (χ0v) is 16.7. The minimum Gasteiger partial charge on any atom is -0.395 e. The summed E-state index contributed by atoms with van der Waals surface area (Å²) in [5.41, 5.74) is 2.62. The maximum atomic E-state index is 8.67. The summed E-state index contributed by atoms with van der Waals surface area (Å²) >= 11 is 5.62. The molecule has 0 radical (unpaired) electrons. The maximum Gasteiger partial charge on any atom is 0.0558 e. The molecule has 0 atom stereocenters. The van der Waals surface area contributed by atoms with Gasteiger partial charge in [0.05, 0.1) is 6.61 Å². The van der Waals surface area contributed by atoms with Crippen LogP contribution in [0.1, 0.15) is 11.1 Å². The van der Waals surface area contributed by atoms with Gasteiger partial charge in [-0.2, -0.15) is 0 Å². The molecule has 0 amide bonds. The molecule has 2 aromatic rings. The molecule has 0 saturated carbocycles. The van der Waals surface area contributed by atoms with Gasteiger partial charge in [0.15, 0.2) is 0 Å². The molecule has 0 aromatic heterocycles. The molecule has 25 heavy (non-hydrogen) atoms. The first-order valence-corrected chi connectivity index (χ1v) is 8.81. The van der Waals surface area contributed by atoms with Crippen molar-refractivity contribution in [2.75, 3.05) is 39.7 Å². The summed E-state index contributed by atoms with van der Waals surface area (Å²) < 4.78 is 0. The van der Waals surface area contributed by atoms with Crippen LogP contribution in [-0.2, 0) is 13.1 Å². The Kier molecular flexibility index (Phi) is 14.5. The molecule has 1 N–H and O–H groups in total. The van der Waals surface area contributed by atoms with E-state index in [9.17, 15) is 0 Å². The molecular formula is C20H30Cl2N2O. The van der Waals surface area contributed by atoms with Crippen molar-refractivity contribution in [1.29, 1.82) is 0 Å². The summed E-state index contributed by atoms with van der Waals surface area (Å²) in [5, 5.41) is 8.67. The fourth-order valence-electron chi connectivity index (χ4n) is 2.26. The number of hydrogen-bond donors (Lipinski definition) is 1. The Hall–Kier alpha value is -1.10. The number of benzene rings is 2. The second-order valence-electron chi connectivity index (χ2n) is 5.86. The predicted molar refractivity (Wildman–Crippen MR) is 111 cm³/mol. The summed E-state index contributed by atoms with van der Waals surface area (Å²) in [5.74, 6) is 0.698. The fourth-order valence-corrected chi connectivity index (χ4v) is 2.55. The van der Waals surface area contributed by atoms with E-state index in [1.54, 1.807) is 0 Å². The Bertz CT molecular complexity index is 476. The van der Waals surface area contributed by atoms with Crippen LogP contribution < -0.4 is 0 Å². The standard InChI is InChI=1S/C10H14ClN.C10H15NO.ClH/c1-12(8-7-11)9-10-5-3-2-4-6-10;1-11(7-8-12)9-10-5-3-2-4-6-10;/h2-6H,7-9H2,1H3;2-6,12H,7-9H2,1H3;1H. The summed E-state index contributed by atoms with van der Waals surface area (Å²) in [6.45, 7) is 3.78. The predicted octanol–water partition coefficient (Wildman–Crippen LogP) is 3.89. The average molecular weight is 385 g/mol. The van der Waals surface area contributed by atoms with Gasteiger partial charge in [0.25, 0.3) is 0 Å². The normalized spacial score (nSPS) is 10.2. The number of rotatable bonds is 8. The number of aliphatic hydroxyl groups is 1. The number of hydrogen-bond acceptors (Lipinski definition) is 3. The molecule has 0 unspecified atom stereocenters. The van der Waals surface area contributed by atoms with Crippen molar-refractivity contribution in [2.45, 2.75) is 13.1 Å². The summed E-state index contributed by atoms with van der Waals surface area (Å²) in [6, 6.07) is 20.7. The van der Waals surface area contributed by atoms with Crippen molar-refractivity contribution in [3.8, 4) is 0 Å². The molecule has 140 valence electrons. The van der Waals surface area contributed by atoms with Gasteiger partial charge in [0.2, 0.25) is 0 Å². The molecule has 0 spiro atoms. The number of halogens is 2. The van der Waals surface area contributed by atoms with E-state index in [1.807, 2.05) is 31.3 Å². The molecule has 0 fully saturated rings. The maximum absolute atomic E-state index is 8.67. The van der Waals surface area contributed by atoms with Crippen LogP contribution in [0.15, 0.2) is 60.7 Å². The summed E-state index contributed by atoms with van der Waals surface area (Å²) in [6.07, 6.45) is 0. The van der Waals surface area contributed by atoms with Crippen molar-refractivity contribution < 1.29 is 5.11 Å². The van der Waals surface area contributed by atoms with Gasteiger partial charge in [-0.05, 0) is 25.2 Å². The van der Waals surface area contributed by atoms with Crippen molar-refractivity contribution in [3.05, 3.63) is 71.8 Å². The average Bonchev–Trinajstić information content (AvgIpc) is 2.58. The second-order valence-corrected chi connectivity index (χ2v) is 6.24. The molecule has 0 heterocycles. The summed E-state index contributed by atoms with van der Waals surface area (Å²) in [7, 11) is 4.08. The van der Waals surface area contributed by atoms with Gasteiger partial charge in [0.1, 0.15) is 0 Å². The molecule has 2 aromatic carbocycles. The van der Waals surface area contributed by atoms with Crippen molar-refractivity contribution >= 4 is 24.0 Å². The quantitative estimate of drug-likeness (QED) is 0.699. The van der Waals surface area contributed by atoms with Crippen LogP contribution in [0.5, 0.6) is 0 Å². The van der Waals surface area contributed by atoms with Crippen LogP contribution in [0.3, 0.4) is 0 Å². The van der Waals surface area contributed by atoms with E-state index in [-0.39, 0.29) is 19.0 Å². The third-order valence-electron chi connectivity index (χ3n) is 3.54. The van der Waals surface area contributed by atoms with Gasteiger partial charge in [-0.1, -0.05) is 60.7 Å². The molecule has 0 aliphatic carbocycles. The third-order valence-corrected chi connectivity index (χ3v) is 3.71. The SMILES string of the molecule is CN(CCCl)Cc1ccccc1.CN(CCO)Cc1ccccc1.Cl. The number of nitrogens with zero attached hydrogens (tertiary/aromatic N) is 2. The lowest BCUT2D eigenvalue weighted by atomic mass is 10.2. The van der Waals surface area contributed by atoms with Crippen LogP contribution in [0, 0.1) is 0 Å². The van der Waals surface area contributed by atoms with E-state index in [4.69, 9.17) is 16.7 Å². The van der Waals surface area contributed by atoms with Gasteiger partial charge in [0, 0.05) is 32.1 Å². The number of alkyl halides is 1. The van der Waals surface area contributed by atoms with Gasteiger partial charge < -0.3 is 10.0 Å². The highest BCUT2D eigenvalue weighted by atomic mass is 35.5. The molecule has 0 aliphatic rings. The fraction of sp³-hybridized carbons (Fsp3) is 0.400. The first-order chi connectivity index (χ1) is 11.7. The van der Waals surface area contributed by atoms with E-state index >= 15 is 0 Å². The topological polar surface area (TPSA) is 26.7 Å². The van der Waals surface area contributed by atoms with Gasteiger partial charge in [-0.25, -0.2) is 0 Å². The van der Waals surface area contributed by atoms with E-state index < -0.39 is 0 Å². The van der Waals surface area contributed by atoms with Gasteiger partial charge >= 0.3 is 0 Å². The summed E-state index contributed by atoms with van der Waals surface area (Å²) in [4.78, 5) is 4.30. The van der Waals surface area contributed by atoms with Gasteiger partial charge in [-0.15, -0.1) is 24.0 Å². The largest absolute Gasteiger partial charge is 0.395 e. The zero-order chi connectivity index (χ0) is 17.6. The Morgan fingerprint density at radius 2 is 1.16 bits per heavy atom. The lowest BCUT2D eigenvalue weighted by Gasteiger charge is -2.14. The second kappa shape index (κ2) is 15.2. The zero-order valence-electron chi connectivity index (χ0n) is 15.1. The first kappa shape index (κ1) is 23.9.